The summed E-state index contributed by atoms with van der Waals surface area (Å²) in [4.78, 5) is 13.7. The molecule has 6 nitrogen and oxygen atoms in total. The van der Waals surface area contributed by atoms with Gasteiger partial charge >= 0.3 is 0 Å². The van der Waals surface area contributed by atoms with E-state index in [1.807, 2.05) is 12.1 Å². The maximum Gasteiger partial charge on any atom is 0.113 e. The zero-order chi connectivity index (χ0) is 20.7. The summed E-state index contributed by atoms with van der Waals surface area (Å²) in [5.41, 5.74) is 5.80. The molecule has 0 bridgehead atoms. The van der Waals surface area contributed by atoms with Crippen LogP contribution in [0.25, 0.3) is 11.0 Å². The van der Waals surface area contributed by atoms with E-state index in [-0.39, 0.29) is 12.2 Å². The summed E-state index contributed by atoms with van der Waals surface area (Å²) >= 11 is 3.57. The first kappa shape index (κ1) is 19.4. The number of aromatic nitrogens is 2. The van der Waals surface area contributed by atoms with E-state index in [1.165, 1.54) is 11.1 Å². The van der Waals surface area contributed by atoms with Gasteiger partial charge in [-0.25, -0.2) is 0 Å². The van der Waals surface area contributed by atoms with Gasteiger partial charge in [0.25, 0.3) is 0 Å². The number of halogens is 1. The summed E-state index contributed by atoms with van der Waals surface area (Å²) in [6, 6.07) is 12.6. The van der Waals surface area contributed by atoms with Gasteiger partial charge in [-0.2, -0.15) is 5.26 Å². The van der Waals surface area contributed by atoms with Crippen molar-refractivity contribution in [1.82, 2.24) is 14.9 Å². The van der Waals surface area contributed by atoms with Gasteiger partial charge in [0.1, 0.15) is 17.1 Å². The van der Waals surface area contributed by atoms with Crippen molar-refractivity contribution >= 4 is 32.7 Å². The minimum Gasteiger partial charge on any atom is -0.370 e. The minimum atomic E-state index is 0.105. The standard InChI is InChI=1S/C23H22BrN5O/c1-15-10-29(21-5-3-16(9-25)22-23(21)27-7-6-26-22)14-20(30-15)13-28-11-17-2-4-19(24)8-18(17)12-28/h2-8,15,20H,10-14H2,1H3/t15-,20+/m1/s1. The Morgan fingerprint density at radius 2 is 1.90 bits per heavy atom. The molecule has 2 aliphatic rings. The Hall–Kier alpha value is -2.53. The number of morpholine rings is 1. The van der Waals surface area contributed by atoms with Gasteiger partial charge in [-0.05, 0) is 42.3 Å². The zero-order valence-electron chi connectivity index (χ0n) is 16.8. The van der Waals surface area contributed by atoms with E-state index in [0.29, 0.717) is 11.1 Å². The molecule has 1 saturated heterocycles. The number of fused-ring (bicyclic) bond motifs is 2. The zero-order valence-corrected chi connectivity index (χ0v) is 18.3. The molecule has 1 fully saturated rings. The van der Waals surface area contributed by atoms with Crippen molar-refractivity contribution in [2.24, 2.45) is 0 Å². The molecule has 1 aromatic heterocycles. The summed E-state index contributed by atoms with van der Waals surface area (Å²) < 4.78 is 7.43. The molecule has 30 heavy (non-hydrogen) atoms. The molecule has 3 aromatic rings. The molecular weight excluding hydrogens is 442 g/mol. The molecule has 0 spiro atoms. The molecule has 0 aliphatic carbocycles. The molecule has 2 aromatic carbocycles. The van der Waals surface area contributed by atoms with E-state index in [9.17, 15) is 5.26 Å². The molecule has 0 N–H and O–H groups in total. The predicted molar refractivity (Wildman–Crippen MR) is 119 cm³/mol. The number of hydrogen-bond donors (Lipinski definition) is 0. The van der Waals surface area contributed by atoms with Crippen LogP contribution in [0, 0.1) is 11.3 Å². The Balaban J connectivity index is 1.36. The topological polar surface area (TPSA) is 65.3 Å². The second-order valence-corrected chi connectivity index (χ2v) is 8.97. The molecule has 0 saturated carbocycles. The van der Waals surface area contributed by atoms with Gasteiger partial charge in [0.2, 0.25) is 0 Å². The first-order valence-corrected chi connectivity index (χ1v) is 10.9. The van der Waals surface area contributed by atoms with Gasteiger partial charge in [0.15, 0.2) is 0 Å². The highest BCUT2D eigenvalue weighted by atomic mass is 79.9. The summed E-state index contributed by atoms with van der Waals surface area (Å²) in [6.45, 7) is 6.50. The molecule has 0 radical (unpaired) electrons. The average Bonchev–Trinajstić information content (AvgIpc) is 3.13. The van der Waals surface area contributed by atoms with Crippen molar-refractivity contribution in [3.63, 3.8) is 0 Å². The van der Waals surface area contributed by atoms with E-state index in [1.54, 1.807) is 12.4 Å². The number of nitriles is 1. The fourth-order valence-corrected chi connectivity index (χ4v) is 4.99. The maximum atomic E-state index is 9.41. The summed E-state index contributed by atoms with van der Waals surface area (Å²) in [6.07, 6.45) is 3.55. The second kappa shape index (κ2) is 7.95. The van der Waals surface area contributed by atoms with E-state index in [4.69, 9.17) is 4.74 Å². The van der Waals surface area contributed by atoms with Crippen LogP contribution in [0.15, 0.2) is 47.2 Å². The lowest BCUT2D eigenvalue weighted by Gasteiger charge is -2.39. The van der Waals surface area contributed by atoms with Crippen LogP contribution in [-0.4, -0.2) is 46.7 Å². The quantitative estimate of drug-likeness (QED) is 0.587. The molecule has 2 aliphatic heterocycles. The smallest absolute Gasteiger partial charge is 0.113 e. The van der Waals surface area contributed by atoms with Crippen LogP contribution >= 0.6 is 15.9 Å². The SMILES string of the molecule is C[C@@H]1CN(c2ccc(C#N)c3nccnc23)C[C@H](CN2Cc3ccc(Br)cc3C2)O1. The normalized spacial score (nSPS) is 21.6. The number of benzene rings is 2. The molecule has 7 heteroatoms. The predicted octanol–water partition coefficient (Wildman–Crippen LogP) is 3.87. The van der Waals surface area contributed by atoms with E-state index < -0.39 is 0 Å². The number of hydrogen-bond acceptors (Lipinski definition) is 6. The van der Waals surface area contributed by atoms with Crippen LogP contribution in [0.5, 0.6) is 0 Å². The van der Waals surface area contributed by atoms with Gasteiger partial charge < -0.3 is 9.64 Å². The first-order valence-electron chi connectivity index (χ1n) is 10.1. The fraction of sp³-hybridized carbons (Fsp3) is 0.348. The monoisotopic (exact) mass is 463 g/mol. The summed E-state index contributed by atoms with van der Waals surface area (Å²) in [7, 11) is 0. The Labute approximate surface area is 184 Å². The summed E-state index contributed by atoms with van der Waals surface area (Å²) in [5.74, 6) is 0. The lowest BCUT2D eigenvalue weighted by atomic mass is 10.1. The Bertz CT molecular complexity index is 1140. The highest BCUT2D eigenvalue weighted by molar-refractivity contribution is 9.10. The number of rotatable bonds is 3. The van der Waals surface area contributed by atoms with Crippen LogP contribution in [0.4, 0.5) is 5.69 Å². The average molecular weight is 464 g/mol. The highest BCUT2D eigenvalue weighted by Gasteiger charge is 2.30. The lowest BCUT2D eigenvalue weighted by molar-refractivity contribution is -0.0329. The van der Waals surface area contributed by atoms with Crippen molar-refractivity contribution in [3.8, 4) is 6.07 Å². The fourth-order valence-electron chi connectivity index (χ4n) is 4.58. The maximum absolute atomic E-state index is 9.41. The van der Waals surface area contributed by atoms with Crippen LogP contribution in [0.2, 0.25) is 0 Å². The van der Waals surface area contributed by atoms with Crippen LogP contribution in [0.1, 0.15) is 23.6 Å². The molecule has 0 amide bonds. The van der Waals surface area contributed by atoms with Crippen molar-refractivity contribution in [2.45, 2.75) is 32.2 Å². The molecule has 152 valence electrons. The highest BCUT2D eigenvalue weighted by Crippen LogP contribution is 2.30. The molecule has 2 atom stereocenters. The Kier molecular flexibility index (Phi) is 5.15. The van der Waals surface area contributed by atoms with Crippen molar-refractivity contribution in [3.05, 3.63) is 63.9 Å². The van der Waals surface area contributed by atoms with Crippen LogP contribution < -0.4 is 4.90 Å². The Morgan fingerprint density at radius 3 is 2.73 bits per heavy atom. The van der Waals surface area contributed by atoms with Crippen molar-refractivity contribution in [2.75, 3.05) is 24.5 Å². The summed E-state index contributed by atoms with van der Waals surface area (Å²) in [5, 5.41) is 9.41. The van der Waals surface area contributed by atoms with Gasteiger partial charge in [-0.3, -0.25) is 14.9 Å². The number of ether oxygens (including phenoxy) is 1. The van der Waals surface area contributed by atoms with Gasteiger partial charge in [0.05, 0.1) is 23.5 Å². The molecular formula is C23H22BrN5O. The number of nitrogens with zero attached hydrogens (tertiary/aromatic N) is 5. The van der Waals surface area contributed by atoms with Gasteiger partial charge in [-0.1, -0.05) is 22.0 Å². The van der Waals surface area contributed by atoms with E-state index >= 15 is 0 Å². The van der Waals surface area contributed by atoms with Crippen LogP contribution in [-0.2, 0) is 17.8 Å². The third-order valence-corrected chi connectivity index (χ3v) is 6.30. The molecule has 3 heterocycles. The van der Waals surface area contributed by atoms with E-state index in [2.05, 4.69) is 66.9 Å². The van der Waals surface area contributed by atoms with Crippen molar-refractivity contribution in [1.29, 1.82) is 5.26 Å². The van der Waals surface area contributed by atoms with E-state index in [0.717, 1.165) is 48.4 Å². The molecule has 5 rings (SSSR count). The Morgan fingerprint density at radius 1 is 1.10 bits per heavy atom. The number of anilines is 1. The lowest BCUT2D eigenvalue weighted by Crippen LogP contribution is -2.50. The first-order chi connectivity index (χ1) is 14.6. The van der Waals surface area contributed by atoms with Gasteiger partial charge in [0, 0.05) is 49.6 Å². The third-order valence-electron chi connectivity index (χ3n) is 5.81. The van der Waals surface area contributed by atoms with Crippen LogP contribution in [0.3, 0.4) is 0 Å². The van der Waals surface area contributed by atoms with Crippen molar-refractivity contribution < 1.29 is 4.74 Å². The second-order valence-electron chi connectivity index (χ2n) is 8.05. The third kappa shape index (κ3) is 3.67. The minimum absolute atomic E-state index is 0.105. The van der Waals surface area contributed by atoms with Gasteiger partial charge in [-0.15, -0.1) is 0 Å². The largest absolute Gasteiger partial charge is 0.370 e. The molecule has 0 unspecified atom stereocenters.